The highest BCUT2D eigenvalue weighted by molar-refractivity contribution is 7.81. The number of carbonyl (C=O) groups is 1. The number of aromatic nitrogens is 2. The summed E-state index contributed by atoms with van der Waals surface area (Å²) >= 11 is -2.84. The number of benzene rings is 2. The van der Waals surface area contributed by atoms with Crippen LogP contribution in [-0.4, -0.2) is 34.2 Å². The van der Waals surface area contributed by atoms with Crippen molar-refractivity contribution in [1.29, 1.82) is 0 Å². The maximum absolute atomic E-state index is 12.8. The Bertz CT molecular complexity index is 1200. The first kappa shape index (κ1) is 22.7. The van der Waals surface area contributed by atoms with Crippen LogP contribution in [0.1, 0.15) is 25.3 Å². The summed E-state index contributed by atoms with van der Waals surface area (Å²) in [6.07, 6.45) is -1.59. The maximum atomic E-state index is 12.8. The van der Waals surface area contributed by atoms with Gasteiger partial charge in [-0.15, -0.1) is 0 Å². The first-order chi connectivity index (χ1) is 14.7. The fourth-order valence-corrected chi connectivity index (χ4v) is 3.50. The van der Waals surface area contributed by atoms with Gasteiger partial charge in [0, 0.05) is 12.1 Å². The summed E-state index contributed by atoms with van der Waals surface area (Å²) in [5, 5.41) is 9.05. The molecular weight excluding hydrogens is 432 g/mol. The average Bonchev–Trinajstić information content (AvgIpc) is 2.77. The van der Waals surface area contributed by atoms with Gasteiger partial charge in [-0.1, -0.05) is 30.3 Å². The van der Waals surface area contributed by atoms with Crippen molar-refractivity contribution in [2.75, 3.05) is 0 Å². The second kappa shape index (κ2) is 9.00. The second-order valence-electron chi connectivity index (χ2n) is 7.05. The van der Waals surface area contributed by atoms with E-state index in [9.17, 15) is 27.1 Å². The van der Waals surface area contributed by atoms with Crippen molar-refractivity contribution in [1.82, 2.24) is 15.0 Å². The van der Waals surface area contributed by atoms with Crippen molar-refractivity contribution in [3.8, 4) is 11.1 Å². The van der Waals surface area contributed by atoms with Crippen molar-refractivity contribution in [3.63, 3.8) is 0 Å². The number of hydroxylamine groups is 1. The van der Waals surface area contributed by atoms with Crippen molar-refractivity contribution in [3.05, 3.63) is 64.7 Å². The molecule has 11 heteroatoms. The van der Waals surface area contributed by atoms with Crippen LogP contribution in [0.4, 0.5) is 8.78 Å². The quantitative estimate of drug-likeness (QED) is 0.324. The number of fused-ring (bicyclic) bond motifs is 1. The minimum Gasteiger partial charge on any atom is -0.772 e. The summed E-state index contributed by atoms with van der Waals surface area (Å²) in [6.45, 7) is 1.00. The number of nitrogens with one attached hydrogen (secondary N) is 1. The number of nitrogens with zero attached hydrogens (tertiary/aromatic N) is 2. The third-order valence-electron chi connectivity index (χ3n) is 5.10. The van der Waals surface area contributed by atoms with Gasteiger partial charge in [-0.25, -0.2) is 19.2 Å². The third-order valence-corrected chi connectivity index (χ3v) is 6.23. The number of hydrogen-bond donors (Lipinski definition) is 2. The molecule has 0 aliphatic carbocycles. The van der Waals surface area contributed by atoms with E-state index in [0.29, 0.717) is 16.6 Å². The van der Waals surface area contributed by atoms with Gasteiger partial charge in [0.25, 0.3) is 17.9 Å². The zero-order valence-electron chi connectivity index (χ0n) is 16.2. The molecule has 0 aliphatic heterocycles. The van der Waals surface area contributed by atoms with Crippen molar-refractivity contribution in [2.45, 2.75) is 31.1 Å². The number of rotatable bonds is 7. The Hall–Kier alpha value is -3.02. The van der Waals surface area contributed by atoms with Crippen molar-refractivity contribution >= 4 is 27.9 Å². The fourth-order valence-electron chi connectivity index (χ4n) is 3.04. The first-order valence-corrected chi connectivity index (χ1v) is 10.2. The summed E-state index contributed by atoms with van der Waals surface area (Å²) in [5.74, 6) is -1.11. The van der Waals surface area contributed by atoms with Gasteiger partial charge >= 0.3 is 0 Å². The summed E-state index contributed by atoms with van der Waals surface area (Å²) in [4.78, 5) is 28.7. The van der Waals surface area contributed by atoms with Gasteiger partial charge in [-0.2, -0.15) is 0 Å². The lowest BCUT2D eigenvalue weighted by atomic mass is 10.0. The van der Waals surface area contributed by atoms with Gasteiger partial charge in [0.2, 0.25) is 0 Å². The van der Waals surface area contributed by atoms with Crippen molar-refractivity contribution in [2.24, 2.45) is 0 Å². The molecule has 0 spiro atoms. The monoisotopic (exact) mass is 450 g/mol. The molecule has 3 aromatic rings. The zero-order valence-corrected chi connectivity index (χ0v) is 17.1. The van der Waals surface area contributed by atoms with Crippen LogP contribution in [0.5, 0.6) is 0 Å². The van der Waals surface area contributed by atoms with E-state index in [4.69, 9.17) is 5.21 Å². The Labute approximate surface area is 177 Å². The molecule has 0 bridgehead atoms. The summed E-state index contributed by atoms with van der Waals surface area (Å²) in [6, 6.07) is 10.6. The highest BCUT2D eigenvalue weighted by Gasteiger charge is 2.34. The normalized spacial score (nSPS) is 14.4. The molecule has 2 N–H and O–H groups in total. The molecule has 2 atom stereocenters. The highest BCUT2D eigenvalue weighted by atomic mass is 32.2. The topological polar surface area (TPSA) is 124 Å². The number of hydrogen-bond acceptors (Lipinski definition) is 6. The number of carbonyl (C=O) groups excluding carboxylic acids is 1. The van der Waals surface area contributed by atoms with Crippen LogP contribution >= 0.6 is 0 Å². The molecule has 2 unspecified atom stereocenters. The molecular formula is C20H18F2N3O5S-. The van der Waals surface area contributed by atoms with Gasteiger partial charge in [0.05, 0.1) is 17.2 Å². The van der Waals surface area contributed by atoms with Crippen LogP contribution in [0, 0.1) is 0 Å². The van der Waals surface area contributed by atoms with E-state index in [1.165, 1.54) is 28.5 Å². The van der Waals surface area contributed by atoms with E-state index in [1.807, 2.05) is 0 Å². The summed E-state index contributed by atoms with van der Waals surface area (Å²) < 4.78 is 47.6. The molecule has 1 amide bonds. The standard InChI is InChI=1S/C20H19F2N3O5S/c1-20(31(29)30,19(27)24-28)8-9-25-11-23-16-10-14(6-7-15(16)18(25)26)12-2-4-13(5-3-12)17(21)22/h2-7,10-11,17,28H,8-9H2,1H3,(H,24,27)(H,29,30)/p-1. The predicted molar refractivity (Wildman–Crippen MR) is 108 cm³/mol. The zero-order chi connectivity index (χ0) is 22.8. The smallest absolute Gasteiger partial charge is 0.263 e. The van der Waals surface area contributed by atoms with Crippen LogP contribution in [-0.2, 0) is 22.4 Å². The Morgan fingerprint density at radius 2 is 1.90 bits per heavy atom. The van der Waals surface area contributed by atoms with E-state index in [-0.39, 0.29) is 23.9 Å². The minimum absolute atomic E-state index is 0.0913. The lowest BCUT2D eigenvalue weighted by molar-refractivity contribution is -0.131. The minimum atomic E-state index is -2.84. The first-order valence-electron chi connectivity index (χ1n) is 9.09. The number of amides is 1. The van der Waals surface area contributed by atoms with Crippen LogP contribution in [0.15, 0.2) is 53.6 Å². The van der Waals surface area contributed by atoms with E-state index in [1.54, 1.807) is 30.3 Å². The highest BCUT2D eigenvalue weighted by Crippen LogP contribution is 2.26. The van der Waals surface area contributed by atoms with E-state index in [0.717, 1.165) is 6.92 Å². The maximum Gasteiger partial charge on any atom is 0.263 e. The fraction of sp³-hybridized carbons (Fsp3) is 0.250. The summed E-state index contributed by atoms with van der Waals surface area (Å²) in [7, 11) is 0. The Morgan fingerprint density at radius 3 is 2.48 bits per heavy atom. The van der Waals surface area contributed by atoms with Crippen LogP contribution in [0.25, 0.3) is 22.0 Å². The second-order valence-corrected chi connectivity index (χ2v) is 8.42. The van der Waals surface area contributed by atoms with Gasteiger partial charge in [0.15, 0.2) is 0 Å². The predicted octanol–water partition coefficient (Wildman–Crippen LogP) is 2.53. The van der Waals surface area contributed by atoms with Crippen molar-refractivity contribution < 1.29 is 27.5 Å². The van der Waals surface area contributed by atoms with Gasteiger partial charge in [0.1, 0.15) is 4.75 Å². The number of halogens is 2. The van der Waals surface area contributed by atoms with Gasteiger partial charge in [-0.05, 0) is 47.7 Å². The van der Waals surface area contributed by atoms with Crippen LogP contribution in [0.2, 0.25) is 0 Å². The lowest BCUT2D eigenvalue weighted by Crippen LogP contribution is -2.47. The Morgan fingerprint density at radius 1 is 1.26 bits per heavy atom. The largest absolute Gasteiger partial charge is 0.772 e. The van der Waals surface area contributed by atoms with E-state index < -0.39 is 33.7 Å². The number of alkyl halides is 2. The Kier molecular flexibility index (Phi) is 6.58. The van der Waals surface area contributed by atoms with E-state index in [2.05, 4.69) is 4.98 Å². The molecule has 8 nitrogen and oxygen atoms in total. The molecule has 0 fully saturated rings. The SMILES string of the molecule is CC(CCn1cnc2cc(-c3ccc(C(F)F)cc3)ccc2c1=O)(C(=O)NO)S(=O)[O-]. The number of aryl methyl sites for hydroxylation is 1. The van der Waals surface area contributed by atoms with Gasteiger partial charge in [-0.3, -0.25) is 23.6 Å². The average molecular weight is 450 g/mol. The molecule has 31 heavy (non-hydrogen) atoms. The molecule has 3 rings (SSSR count). The van der Waals surface area contributed by atoms with Crippen LogP contribution in [0.3, 0.4) is 0 Å². The van der Waals surface area contributed by atoms with Crippen LogP contribution < -0.4 is 11.0 Å². The van der Waals surface area contributed by atoms with Gasteiger partial charge < -0.3 is 4.55 Å². The third kappa shape index (κ3) is 4.53. The molecule has 0 saturated heterocycles. The molecule has 1 heterocycles. The molecule has 0 aliphatic rings. The molecule has 0 radical (unpaired) electrons. The Balaban J connectivity index is 1.89. The summed E-state index contributed by atoms with van der Waals surface area (Å²) in [5.41, 5.74) is 2.54. The molecule has 164 valence electrons. The van der Waals surface area contributed by atoms with E-state index >= 15 is 0 Å². The molecule has 2 aromatic carbocycles. The molecule has 1 aromatic heterocycles. The lowest BCUT2D eigenvalue weighted by Gasteiger charge is -2.29. The molecule has 0 saturated carbocycles.